The summed E-state index contributed by atoms with van der Waals surface area (Å²) in [6.45, 7) is 0.730. The predicted molar refractivity (Wildman–Crippen MR) is 96.3 cm³/mol. The van der Waals surface area contributed by atoms with Crippen LogP contribution in [0.1, 0.15) is 0 Å². The second-order valence-electron chi connectivity index (χ2n) is 6.70. The number of ether oxygens (including phenoxy) is 2. The predicted octanol–water partition coefficient (Wildman–Crippen LogP) is -0.660. The van der Waals surface area contributed by atoms with Crippen molar-refractivity contribution in [1.82, 2.24) is 4.31 Å². The number of nitrogens with zero attached hydrogens (tertiary/aromatic N) is 3. The Morgan fingerprint density at radius 3 is 2.70 bits per heavy atom. The number of anilines is 2. The maximum Gasteiger partial charge on any atom is 0.415 e. The van der Waals surface area contributed by atoms with E-state index in [4.69, 9.17) is 15.2 Å². The van der Waals surface area contributed by atoms with Crippen LogP contribution >= 0.6 is 0 Å². The molecule has 0 unspecified atom stereocenters. The highest BCUT2D eigenvalue weighted by Gasteiger charge is 2.46. The van der Waals surface area contributed by atoms with Gasteiger partial charge in [0.25, 0.3) is 0 Å². The lowest BCUT2D eigenvalue weighted by Crippen LogP contribution is -2.52. The summed E-state index contributed by atoms with van der Waals surface area (Å²) in [6, 6.07) is 4.82. The molecule has 146 valence electrons. The van der Waals surface area contributed by atoms with Crippen LogP contribution in [0.25, 0.3) is 0 Å². The number of rotatable bonds is 3. The standard InChI is InChI=1S/C16H20N4O6S/c1-27(23,24)18-4-5-19(15(21)8-18)10-2-3-11-13(6-10)25-9-12-14(7-17)26-16(22)20(11)12/h2-3,6,12,14H,4-5,7-9,17H2,1H3/t12-,14-/m0/s1. The van der Waals surface area contributed by atoms with Gasteiger partial charge in [0.15, 0.2) is 0 Å². The quantitative estimate of drug-likeness (QED) is 0.719. The molecule has 2 saturated heterocycles. The summed E-state index contributed by atoms with van der Waals surface area (Å²) in [7, 11) is -3.41. The van der Waals surface area contributed by atoms with Crippen molar-refractivity contribution in [3.8, 4) is 5.75 Å². The van der Waals surface area contributed by atoms with Crippen LogP contribution in [-0.2, 0) is 19.6 Å². The van der Waals surface area contributed by atoms with Gasteiger partial charge in [0.1, 0.15) is 24.5 Å². The van der Waals surface area contributed by atoms with Gasteiger partial charge in [0.2, 0.25) is 15.9 Å². The first-order valence-corrected chi connectivity index (χ1v) is 10.4. The number of hydrogen-bond acceptors (Lipinski definition) is 7. The number of hydrogen-bond donors (Lipinski definition) is 1. The van der Waals surface area contributed by atoms with Gasteiger partial charge in [0.05, 0.1) is 18.5 Å². The van der Waals surface area contributed by atoms with Crippen LogP contribution in [0.15, 0.2) is 18.2 Å². The molecule has 10 nitrogen and oxygen atoms in total. The van der Waals surface area contributed by atoms with Crippen molar-refractivity contribution in [2.24, 2.45) is 5.73 Å². The van der Waals surface area contributed by atoms with Crippen molar-refractivity contribution >= 4 is 33.4 Å². The lowest BCUT2D eigenvalue weighted by atomic mass is 10.1. The molecule has 2 fully saturated rings. The van der Waals surface area contributed by atoms with Gasteiger partial charge in [-0.3, -0.25) is 9.69 Å². The highest BCUT2D eigenvalue weighted by Crippen LogP contribution is 2.40. The number of nitrogens with two attached hydrogens (primary N) is 1. The monoisotopic (exact) mass is 396 g/mol. The van der Waals surface area contributed by atoms with Crippen LogP contribution in [0, 0.1) is 0 Å². The molecule has 27 heavy (non-hydrogen) atoms. The van der Waals surface area contributed by atoms with E-state index in [1.54, 1.807) is 18.2 Å². The molecule has 2 N–H and O–H groups in total. The average molecular weight is 396 g/mol. The van der Waals surface area contributed by atoms with Gasteiger partial charge >= 0.3 is 6.09 Å². The molecule has 11 heteroatoms. The number of carbonyl (C=O) groups is 2. The highest BCUT2D eigenvalue weighted by atomic mass is 32.2. The molecule has 0 aliphatic carbocycles. The van der Waals surface area contributed by atoms with Crippen LogP contribution in [0.2, 0.25) is 0 Å². The molecule has 2 amide bonds. The molecular formula is C16H20N4O6S. The number of carbonyl (C=O) groups excluding carboxylic acids is 2. The number of cyclic esters (lactones) is 1. The van der Waals surface area contributed by atoms with Gasteiger partial charge in [-0.2, -0.15) is 4.31 Å². The minimum atomic E-state index is -3.41. The molecule has 0 bridgehead atoms. The van der Waals surface area contributed by atoms with Crippen LogP contribution in [0.5, 0.6) is 5.75 Å². The van der Waals surface area contributed by atoms with E-state index in [0.717, 1.165) is 10.6 Å². The fraction of sp³-hybridized carbons (Fsp3) is 0.500. The van der Waals surface area contributed by atoms with Crippen LogP contribution < -0.4 is 20.3 Å². The van der Waals surface area contributed by atoms with E-state index in [0.29, 0.717) is 17.1 Å². The topological polar surface area (TPSA) is 122 Å². The Morgan fingerprint density at radius 1 is 1.26 bits per heavy atom. The average Bonchev–Trinajstić information content (AvgIpc) is 2.96. The third kappa shape index (κ3) is 3.01. The molecular weight excluding hydrogens is 376 g/mol. The zero-order valence-electron chi connectivity index (χ0n) is 14.7. The zero-order chi connectivity index (χ0) is 19.3. The van der Waals surface area contributed by atoms with Gasteiger partial charge in [-0.25, -0.2) is 13.2 Å². The molecule has 0 radical (unpaired) electrons. The van der Waals surface area contributed by atoms with Gasteiger partial charge in [0, 0.05) is 31.4 Å². The van der Waals surface area contributed by atoms with Crippen molar-refractivity contribution in [3.63, 3.8) is 0 Å². The molecule has 1 aromatic carbocycles. The van der Waals surface area contributed by atoms with Crippen molar-refractivity contribution in [1.29, 1.82) is 0 Å². The van der Waals surface area contributed by atoms with Gasteiger partial charge in [-0.1, -0.05) is 0 Å². The minimum absolute atomic E-state index is 0.199. The van der Waals surface area contributed by atoms with E-state index in [2.05, 4.69) is 0 Å². The summed E-state index contributed by atoms with van der Waals surface area (Å²) < 4.78 is 35.5. The van der Waals surface area contributed by atoms with E-state index >= 15 is 0 Å². The Labute approximate surface area is 156 Å². The van der Waals surface area contributed by atoms with E-state index in [1.165, 1.54) is 9.80 Å². The SMILES string of the molecule is CS(=O)(=O)N1CCN(c2ccc3c(c2)OC[C@H]2[C@H](CN)OC(=O)N32)C(=O)C1. The largest absolute Gasteiger partial charge is 0.489 e. The first-order chi connectivity index (χ1) is 12.8. The third-order valence-electron chi connectivity index (χ3n) is 5.02. The highest BCUT2D eigenvalue weighted by molar-refractivity contribution is 7.88. The van der Waals surface area contributed by atoms with Crippen molar-refractivity contribution in [2.75, 3.05) is 48.8 Å². The van der Waals surface area contributed by atoms with Crippen molar-refractivity contribution < 1.29 is 27.5 Å². The van der Waals surface area contributed by atoms with E-state index in [9.17, 15) is 18.0 Å². The Hall–Kier alpha value is -2.37. The Balaban J connectivity index is 1.58. The maximum absolute atomic E-state index is 12.4. The summed E-state index contributed by atoms with van der Waals surface area (Å²) >= 11 is 0. The van der Waals surface area contributed by atoms with Crippen LogP contribution in [0.3, 0.4) is 0 Å². The molecule has 3 aliphatic heterocycles. The number of fused-ring (bicyclic) bond motifs is 3. The van der Waals surface area contributed by atoms with Crippen LogP contribution in [-0.4, -0.2) is 75.9 Å². The lowest BCUT2D eigenvalue weighted by Gasteiger charge is -2.35. The number of benzene rings is 1. The molecule has 4 rings (SSSR count). The molecule has 0 aromatic heterocycles. The molecule has 0 spiro atoms. The number of sulfonamides is 1. The fourth-order valence-corrected chi connectivity index (χ4v) is 4.36. The third-order valence-corrected chi connectivity index (χ3v) is 6.27. The summed E-state index contributed by atoms with van der Waals surface area (Å²) in [5, 5.41) is 0. The van der Waals surface area contributed by atoms with Crippen LogP contribution in [0.4, 0.5) is 16.2 Å². The summed E-state index contributed by atoms with van der Waals surface area (Å²) in [5.74, 6) is 0.154. The molecule has 0 saturated carbocycles. The summed E-state index contributed by atoms with van der Waals surface area (Å²) in [6.07, 6.45) is 0.199. The molecule has 1 aromatic rings. The Bertz CT molecular complexity index is 904. The normalized spacial score (nSPS) is 25.7. The van der Waals surface area contributed by atoms with E-state index in [-0.39, 0.29) is 44.7 Å². The zero-order valence-corrected chi connectivity index (χ0v) is 15.5. The Morgan fingerprint density at radius 2 is 2.04 bits per heavy atom. The fourth-order valence-electron chi connectivity index (χ4n) is 3.60. The first kappa shape index (κ1) is 18.0. The lowest BCUT2D eigenvalue weighted by molar-refractivity contribution is -0.119. The second-order valence-corrected chi connectivity index (χ2v) is 8.68. The number of amides is 2. The smallest absolute Gasteiger partial charge is 0.415 e. The second kappa shape index (κ2) is 6.36. The summed E-state index contributed by atoms with van der Waals surface area (Å²) in [5.41, 5.74) is 6.81. The van der Waals surface area contributed by atoms with Crippen molar-refractivity contribution in [3.05, 3.63) is 18.2 Å². The minimum Gasteiger partial charge on any atom is -0.489 e. The van der Waals surface area contributed by atoms with E-state index < -0.39 is 22.2 Å². The summed E-state index contributed by atoms with van der Waals surface area (Å²) in [4.78, 5) is 27.6. The molecule has 3 aliphatic rings. The van der Waals surface area contributed by atoms with Gasteiger partial charge in [-0.05, 0) is 12.1 Å². The van der Waals surface area contributed by atoms with Gasteiger partial charge in [-0.15, -0.1) is 0 Å². The molecule has 3 heterocycles. The molecule has 2 atom stereocenters. The number of piperazine rings is 1. The maximum atomic E-state index is 12.4. The Kier molecular flexibility index (Phi) is 4.24. The van der Waals surface area contributed by atoms with Crippen molar-refractivity contribution in [2.45, 2.75) is 12.1 Å². The van der Waals surface area contributed by atoms with Gasteiger partial charge < -0.3 is 20.1 Å². The van der Waals surface area contributed by atoms with E-state index in [1.807, 2.05) is 0 Å². The first-order valence-electron chi connectivity index (χ1n) is 8.52.